The molecule has 1 atom stereocenters. The Morgan fingerprint density at radius 3 is 2.54 bits per heavy atom. The Morgan fingerprint density at radius 2 is 1.92 bits per heavy atom. The number of aromatic nitrogens is 2. The molecule has 2 aromatic rings. The average molecular weight is 392 g/mol. The van der Waals surface area contributed by atoms with Gasteiger partial charge in [-0.2, -0.15) is 0 Å². The number of thioether (sulfide) groups is 1. The van der Waals surface area contributed by atoms with Crippen molar-refractivity contribution in [2.75, 3.05) is 5.32 Å². The third kappa shape index (κ3) is 6.40. The first-order valence-electron chi connectivity index (χ1n) is 9.39. The lowest BCUT2D eigenvalue weighted by molar-refractivity contribution is -0.120. The molecule has 1 amide bonds. The summed E-state index contributed by atoms with van der Waals surface area (Å²) in [5.74, 6) is 1.54. The average Bonchev–Trinajstić information content (AvgIpc) is 3.08. The fourth-order valence-corrected chi connectivity index (χ4v) is 4.35. The van der Waals surface area contributed by atoms with Gasteiger partial charge in [0.25, 0.3) is 0 Å². The minimum absolute atomic E-state index is 0.0643. The number of benzene rings is 1. The Kier molecular flexibility index (Phi) is 8.59. The second kappa shape index (κ2) is 10.7. The van der Waals surface area contributed by atoms with E-state index < -0.39 is 0 Å². The van der Waals surface area contributed by atoms with Gasteiger partial charge >= 0.3 is 0 Å². The molecule has 26 heavy (non-hydrogen) atoms. The highest BCUT2D eigenvalue weighted by Crippen LogP contribution is 2.29. The van der Waals surface area contributed by atoms with Crippen LogP contribution in [0.3, 0.4) is 0 Å². The maximum atomic E-state index is 12.3. The largest absolute Gasteiger partial charge is 0.300 e. The molecule has 1 heterocycles. The van der Waals surface area contributed by atoms with Gasteiger partial charge in [0.05, 0.1) is 0 Å². The first-order chi connectivity index (χ1) is 12.5. The third-order valence-electron chi connectivity index (χ3n) is 4.42. The van der Waals surface area contributed by atoms with Crippen LogP contribution in [0, 0.1) is 5.92 Å². The molecule has 1 N–H and O–H groups in total. The number of hydrogen-bond donors (Lipinski definition) is 1. The lowest BCUT2D eigenvalue weighted by Crippen LogP contribution is -2.22. The summed E-state index contributed by atoms with van der Waals surface area (Å²) in [5.41, 5.74) is 2.62. The molecule has 0 fully saturated rings. The molecule has 1 aromatic heterocycles. The highest BCUT2D eigenvalue weighted by Gasteiger charge is 2.17. The van der Waals surface area contributed by atoms with Gasteiger partial charge in [-0.25, -0.2) is 0 Å². The van der Waals surface area contributed by atoms with Crippen LogP contribution < -0.4 is 5.32 Å². The number of nitrogens with zero attached hydrogens (tertiary/aromatic N) is 2. The van der Waals surface area contributed by atoms with Crippen LogP contribution >= 0.6 is 23.1 Å². The predicted molar refractivity (Wildman–Crippen MR) is 112 cm³/mol. The molecule has 0 saturated heterocycles. The topological polar surface area (TPSA) is 54.9 Å². The van der Waals surface area contributed by atoms with E-state index in [2.05, 4.69) is 67.5 Å². The molecule has 0 spiro atoms. The molecular formula is C20H29N3OS2. The standard InChI is InChI=1S/C20H29N3OS2/c1-5-7-8-16(6-2)18(24)21-19-22-23-20(26-19)25-13-15-9-11-17(12-10-15)14(3)4/h9-12,14,16H,5-8,13H2,1-4H3,(H,21,22,24)/t16-/m1/s1. The number of anilines is 1. The van der Waals surface area contributed by atoms with E-state index in [0.29, 0.717) is 11.0 Å². The minimum Gasteiger partial charge on any atom is -0.300 e. The molecule has 0 radical (unpaired) electrons. The summed E-state index contributed by atoms with van der Waals surface area (Å²) in [4.78, 5) is 12.3. The summed E-state index contributed by atoms with van der Waals surface area (Å²) in [6.45, 7) is 8.61. The van der Waals surface area contributed by atoms with E-state index in [1.54, 1.807) is 11.8 Å². The number of carbonyl (C=O) groups is 1. The number of nitrogens with one attached hydrogen (secondary N) is 1. The van der Waals surface area contributed by atoms with Crippen molar-refractivity contribution in [2.24, 2.45) is 5.92 Å². The Morgan fingerprint density at radius 1 is 1.19 bits per heavy atom. The molecule has 4 nitrogen and oxygen atoms in total. The van der Waals surface area contributed by atoms with E-state index in [4.69, 9.17) is 0 Å². The van der Waals surface area contributed by atoms with Crippen molar-refractivity contribution in [1.82, 2.24) is 10.2 Å². The molecule has 0 unspecified atom stereocenters. The first-order valence-corrected chi connectivity index (χ1v) is 11.2. The Balaban J connectivity index is 1.86. The van der Waals surface area contributed by atoms with Crippen molar-refractivity contribution in [3.63, 3.8) is 0 Å². The predicted octanol–water partition coefficient (Wildman–Crippen LogP) is 6.11. The number of carbonyl (C=O) groups excluding carboxylic acids is 1. The quantitative estimate of drug-likeness (QED) is 0.392. The van der Waals surface area contributed by atoms with Crippen LogP contribution in [0.5, 0.6) is 0 Å². The van der Waals surface area contributed by atoms with Crippen LogP contribution in [0.1, 0.15) is 70.4 Å². The number of unbranched alkanes of at least 4 members (excludes halogenated alkanes) is 1. The highest BCUT2D eigenvalue weighted by atomic mass is 32.2. The summed E-state index contributed by atoms with van der Waals surface area (Å²) < 4.78 is 0.884. The molecule has 1 aromatic carbocycles. The zero-order valence-electron chi connectivity index (χ0n) is 16.1. The van der Waals surface area contributed by atoms with Crippen LogP contribution in [-0.2, 0) is 10.5 Å². The summed E-state index contributed by atoms with van der Waals surface area (Å²) >= 11 is 3.11. The van der Waals surface area contributed by atoms with Gasteiger partial charge in [-0.1, -0.05) is 87.9 Å². The van der Waals surface area contributed by atoms with E-state index in [-0.39, 0.29) is 11.8 Å². The zero-order chi connectivity index (χ0) is 18.9. The van der Waals surface area contributed by atoms with Crippen molar-refractivity contribution in [3.8, 4) is 0 Å². The van der Waals surface area contributed by atoms with Crippen molar-refractivity contribution in [2.45, 2.75) is 69.4 Å². The van der Waals surface area contributed by atoms with Gasteiger partial charge in [-0.05, 0) is 29.9 Å². The second-order valence-corrected chi connectivity index (χ2v) is 8.99. The highest BCUT2D eigenvalue weighted by molar-refractivity contribution is 8.00. The van der Waals surface area contributed by atoms with Crippen molar-refractivity contribution >= 4 is 34.1 Å². The second-order valence-electron chi connectivity index (χ2n) is 6.79. The lowest BCUT2D eigenvalue weighted by Gasteiger charge is -2.12. The van der Waals surface area contributed by atoms with Gasteiger partial charge in [0.15, 0.2) is 4.34 Å². The fraction of sp³-hybridized carbons (Fsp3) is 0.550. The number of amides is 1. The van der Waals surface area contributed by atoms with Crippen LogP contribution in [0.2, 0.25) is 0 Å². The molecule has 0 aliphatic rings. The van der Waals surface area contributed by atoms with Gasteiger partial charge in [-0.3, -0.25) is 4.79 Å². The van der Waals surface area contributed by atoms with E-state index in [1.807, 2.05) is 0 Å². The van der Waals surface area contributed by atoms with Crippen LogP contribution in [0.15, 0.2) is 28.6 Å². The molecule has 0 saturated carbocycles. The molecule has 0 bridgehead atoms. The Labute approximate surface area is 165 Å². The molecular weight excluding hydrogens is 362 g/mol. The normalized spacial score (nSPS) is 12.3. The van der Waals surface area contributed by atoms with Crippen LogP contribution in [0.25, 0.3) is 0 Å². The van der Waals surface area contributed by atoms with Crippen LogP contribution in [0.4, 0.5) is 5.13 Å². The minimum atomic E-state index is 0.0643. The molecule has 0 aliphatic carbocycles. The van der Waals surface area contributed by atoms with Gasteiger partial charge < -0.3 is 5.32 Å². The molecule has 2 rings (SSSR count). The SMILES string of the molecule is CCCC[C@@H](CC)C(=O)Nc1nnc(SCc2ccc(C(C)C)cc2)s1. The zero-order valence-corrected chi connectivity index (χ0v) is 17.8. The summed E-state index contributed by atoms with van der Waals surface area (Å²) in [7, 11) is 0. The Hall–Kier alpha value is -1.40. The van der Waals surface area contributed by atoms with E-state index >= 15 is 0 Å². The lowest BCUT2D eigenvalue weighted by atomic mass is 9.99. The van der Waals surface area contributed by atoms with E-state index in [1.165, 1.54) is 22.5 Å². The van der Waals surface area contributed by atoms with Gasteiger partial charge in [0.2, 0.25) is 11.0 Å². The van der Waals surface area contributed by atoms with Gasteiger partial charge in [0, 0.05) is 11.7 Å². The summed E-state index contributed by atoms with van der Waals surface area (Å²) in [6, 6.07) is 8.72. The molecule has 0 aliphatic heterocycles. The van der Waals surface area contributed by atoms with E-state index in [9.17, 15) is 4.79 Å². The fourth-order valence-electron chi connectivity index (χ4n) is 2.64. The van der Waals surface area contributed by atoms with Gasteiger partial charge in [0.1, 0.15) is 0 Å². The molecule has 6 heteroatoms. The van der Waals surface area contributed by atoms with Gasteiger partial charge in [-0.15, -0.1) is 10.2 Å². The molecule has 142 valence electrons. The van der Waals surface area contributed by atoms with Crippen molar-refractivity contribution in [1.29, 1.82) is 0 Å². The smallest absolute Gasteiger partial charge is 0.229 e. The maximum absolute atomic E-state index is 12.3. The maximum Gasteiger partial charge on any atom is 0.229 e. The monoisotopic (exact) mass is 391 g/mol. The van der Waals surface area contributed by atoms with Crippen molar-refractivity contribution < 1.29 is 4.79 Å². The number of rotatable bonds is 10. The summed E-state index contributed by atoms with van der Waals surface area (Å²) in [6.07, 6.45) is 3.99. The first kappa shape index (κ1) is 20.9. The van der Waals surface area contributed by atoms with Crippen molar-refractivity contribution in [3.05, 3.63) is 35.4 Å². The summed E-state index contributed by atoms with van der Waals surface area (Å²) in [5, 5.41) is 11.8. The van der Waals surface area contributed by atoms with E-state index in [0.717, 1.165) is 35.8 Å². The van der Waals surface area contributed by atoms with Crippen LogP contribution in [-0.4, -0.2) is 16.1 Å². The number of hydrogen-bond acceptors (Lipinski definition) is 5. The Bertz CT molecular complexity index is 683. The third-order valence-corrected chi connectivity index (χ3v) is 6.46.